The van der Waals surface area contributed by atoms with Gasteiger partial charge in [0.05, 0.1) is 17.9 Å². The third-order valence-electron chi connectivity index (χ3n) is 2.88. The number of hydrogen-bond acceptors (Lipinski definition) is 3. The molecule has 1 aliphatic heterocycles. The second-order valence-corrected chi connectivity index (χ2v) is 4.24. The Bertz CT molecular complexity index is 259. The summed E-state index contributed by atoms with van der Waals surface area (Å²) in [5.74, 6) is 0.285. The number of piperidine rings is 1. The van der Waals surface area contributed by atoms with Crippen LogP contribution in [-0.4, -0.2) is 37.5 Å². The highest BCUT2D eigenvalue weighted by molar-refractivity contribution is 5.78. The van der Waals surface area contributed by atoms with Gasteiger partial charge in [0.15, 0.2) is 0 Å². The summed E-state index contributed by atoms with van der Waals surface area (Å²) in [6, 6.07) is 2.23. The van der Waals surface area contributed by atoms with Gasteiger partial charge in [0, 0.05) is 20.1 Å². The summed E-state index contributed by atoms with van der Waals surface area (Å²) in [4.78, 5) is 13.7. The minimum absolute atomic E-state index is 0.0495. The van der Waals surface area contributed by atoms with Crippen LogP contribution in [0.4, 0.5) is 0 Å². The van der Waals surface area contributed by atoms with Gasteiger partial charge in [-0.25, -0.2) is 0 Å². The van der Waals surface area contributed by atoms with Gasteiger partial charge in [0.1, 0.15) is 0 Å². The molecule has 0 bridgehead atoms. The van der Waals surface area contributed by atoms with E-state index in [9.17, 15) is 4.79 Å². The molecule has 1 amide bonds. The van der Waals surface area contributed by atoms with Crippen LogP contribution in [-0.2, 0) is 4.79 Å². The maximum atomic E-state index is 11.5. The molecule has 15 heavy (non-hydrogen) atoms. The Balaban J connectivity index is 2.42. The number of hydrogen-bond donors (Lipinski definition) is 1. The summed E-state index contributed by atoms with van der Waals surface area (Å²) in [6.45, 7) is 4.51. The van der Waals surface area contributed by atoms with E-state index in [2.05, 4.69) is 16.3 Å². The minimum Gasteiger partial charge on any atom is -0.359 e. The van der Waals surface area contributed by atoms with Crippen LogP contribution in [0.5, 0.6) is 0 Å². The monoisotopic (exact) mass is 209 g/mol. The van der Waals surface area contributed by atoms with Crippen molar-refractivity contribution in [2.45, 2.75) is 19.8 Å². The normalized spacial score (nSPS) is 24.2. The van der Waals surface area contributed by atoms with Gasteiger partial charge in [-0.05, 0) is 26.3 Å². The number of rotatable bonds is 3. The molecule has 1 saturated heterocycles. The maximum Gasteiger partial charge on any atom is 0.224 e. The van der Waals surface area contributed by atoms with E-state index >= 15 is 0 Å². The van der Waals surface area contributed by atoms with Gasteiger partial charge in [-0.15, -0.1) is 0 Å². The zero-order valence-corrected chi connectivity index (χ0v) is 9.49. The lowest BCUT2D eigenvalue weighted by Crippen LogP contribution is -2.43. The largest absolute Gasteiger partial charge is 0.359 e. The molecular weight excluding hydrogens is 190 g/mol. The van der Waals surface area contributed by atoms with Gasteiger partial charge in [0.25, 0.3) is 0 Å². The van der Waals surface area contributed by atoms with Crippen LogP contribution in [0, 0.1) is 23.2 Å². The molecule has 1 fully saturated rings. The van der Waals surface area contributed by atoms with E-state index in [4.69, 9.17) is 5.26 Å². The fourth-order valence-electron chi connectivity index (χ4n) is 2.07. The SMILES string of the molecule is CNC(=O)C1CCCN(CC(C)C#N)C1. The van der Waals surface area contributed by atoms with Gasteiger partial charge in [0.2, 0.25) is 5.91 Å². The fraction of sp³-hybridized carbons (Fsp3) is 0.818. The van der Waals surface area contributed by atoms with E-state index in [0.717, 1.165) is 32.5 Å². The van der Waals surface area contributed by atoms with Crippen LogP contribution in [0.25, 0.3) is 0 Å². The first-order chi connectivity index (χ1) is 7.17. The average molecular weight is 209 g/mol. The van der Waals surface area contributed by atoms with Crippen LogP contribution in [0.3, 0.4) is 0 Å². The van der Waals surface area contributed by atoms with Crippen molar-refractivity contribution in [3.05, 3.63) is 0 Å². The topological polar surface area (TPSA) is 56.1 Å². The fourth-order valence-corrected chi connectivity index (χ4v) is 2.07. The van der Waals surface area contributed by atoms with Crippen molar-refractivity contribution in [1.29, 1.82) is 5.26 Å². The summed E-state index contributed by atoms with van der Waals surface area (Å²) in [6.07, 6.45) is 2.02. The molecule has 1 heterocycles. The van der Waals surface area contributed by atoms with Crippen molar-refractivity contribution in [2.24, 2.45) is 11.8 Å². The molecule has 4 nitrogen and oxygen atoms in total. The van der Waals surface area contributed by atoms with E-state index in [-0.39, 0.29) is 17.7 Å². The number of nitriles is 1. The molecule has 0 saturated carbocycles. The summed E-state index contributed by atoms with van der Waals surface area (Å²) in [7, 11) is 1.68. The molecule has 0 aromatic heterocycles. The molecule has 0 spiro atoms. The molecule has 2 atom stereocenters. The summed E-state index contributed by atoms with van der Waals surface area (Å²) in [5.41, 5.74) is 0. The zero-order chi connectivity index (χ0) is 11.3. The van der Waals surface area contributed by atoms with Crippen molar-refractivity contribution >= 4 is 5.91 Å². The highest BCUT2D eigenvalue weighted by Crippen LogP contribution is 2.17. The maximum absolute atomic E-state index is 11.5. The van der Waals surface area contributed by atoms with Gasteiger partial charge in [-0.2, -0.15) is 5.26 Å². The molecule has 0 radical (unpaired) electrons. The second kappa shape index (κ2) is 5.72. The number of likely N-dealkylation sites (tertiary alicyclic amines) is 1. The number of carbonyl (C=O) groups excluding carboxylic acids is 1. The Morgan fingerprint density at radius 2 is 2.47 bits per heavy atom. The molecule has 0 aliphatic carbocycles. The molecule has 4 heteroatoms. The van der Waals surface area contributed by atoms with Gasteiger partial charge in [-0.3, -0.25) is 4.79 Å². The molecule has 0 aromatic rings. The number of amides is 1. The third-order valence-corrected chi connectivity index (χ3v) is 2.88. The molecule has 84 valence electrons. The Morgan fingerprint density at radius 1 is 1.73 bits per heavy atom. The van der Waals surface area contributed by atoms with Crippen molar-refractivity contribution in [3.8, 4) is 6.07 Å². The molecule has 2 unspecified atom stereocenters. The number of nitrogens with zero attached hydrogens (tertiary/aromatic N) is 2. The molecule has 1 rings (SSSR count). The van der Waals surface area contributed by atoms with Gasteiger partial charge in [-0.1, -0.05) is 0 Å². The first-order valence-electron chi connectivity index (χ1n) is 5.51. The Hall–Kier alpha value is -1.08. The van der Waals surface area contributed by atoms with E-state index in [1.165, 1.54) is 0 Å². The predicted molar refractivity (Wildman–Crippen MR) is 58.0 cm³/mol. The second-order valence-electron chi connectivity index (χ2n) is 4.24. The summed E-state index contributed by atoms with van der Waals surface area (Å²) < 4.78 is 0. The van der Waals surface area contributed by atoms with Crippen LogP contribution in [0.1, 0.15) is 19.8 Å². The lowest BCUT2D eigenvalue weighted by molar-refractivity contribution is -0.126. The first kappa shape index (κ1) is 12.0. The standard InChI is InChI=1S/C11H19N3O/c1-9(6-12)7-14-5-3-4-10(8-14)11(15)13-2/h9-10H,3-5,7-8H2,1-2H3,(H,13,15). The van der Waals surface area contributed by atoms with Crippen LogP contribution >= 0.6 is 0 Å². The highest BCUT2D eigenvalue weighted by atomic mass is 16.1. The zero-order valence-electron chi connectivity index (χ0n) is 9.49. The Labute approximate surface area is 91.2 Å². The Morgan fingerprint density at radius 3 is 3.07 bits per heavy atom. The summed E-state index contributed by atoms with van der Waals surface area (Å²) in [5, 5.41) is 11.4. The van der Waals surface area contributed by atoms with Crippen molar-refractivity contribution in [1.82, 2.24) is 10.2 Å². The van der Waals surface area contributed by atoms with E-state index in [0.29, 0.717) is 0 Å². The lowest BCUT2D eigenvalue weighted by atomic mass is 9.96. The predicted octanol–water partition coefficient (Wildman–Crippen LogP) is 0.604. The van der Waals surface area contributed by atoms with Crippen molar-refractivity contribution < 1.29 is 4.79 Å². The van der Waals surface area contributed by atoms with Crippen LogP contribution in [0.15, 0.2) is 0 Å². The van der Waals surface area contributed by atoms with Gasteiger partial charge >= 0.3 is 0 Å². The first-order valence-corrected chi connectivity index (χ1v) is 5.51. The average Bonchev–Trinajstić information content (AvgIpc) is 2.28. The number of carbonyl (C=O) groups is 1. The minimum atomic E-state index is 0.0495. The van der Waals surface area contributed by atoms with Crippen LogP contribution < -0.4 is 5.32 Å². The lowest BCUT2D eigenvalue weighted by Gasteiger charge is -2.32. The third kappa shape index (κ3) is 3.52. The number of nitrogens with one attached hydrogen (secondary N) is 1. The molecule has 1 N–H and O–H groups in total. The van der Waals surface area contributed by atoms with E-state index in [1.807, 2.05) is 6.92 Å². The Kier molecular flexibility index (Phi) is 4.57. The molecular formula is C11H19N3O. The molecule has 0 aromatic carbocycles. The van der Waals surface area contributed by atoms with Crippen molar-refractivity contribution in [2.75, 3.05) is 26.7 Å². The quantitative estimate of drug-likeness (QED) is 0.740. The highest BCUT2D eigenvalue weighted by Gasteiger charge is 2.25. The van der Waals surface area contributed by atoms with Gasteiger partial charge < -0.3 is 10.2 Å². The molecule has 1 aliphatic rings. The smallest absolute Gasteiger partial charge is 0.224 e. The van der Waals surface area contributed by atoms with E-state index < -0.39 is 0 Å². The van der Waals surface area contributed by atoms with E-state index in [1.54, 1.807) is 7.05 Å². The van der Waals surface area contributed by atoms with Crippen LogP contribution in [0.2, 0.25) is 0 Å². The van der Waals surface area contributed by atoms with Crippen molar-refractivity contribution in [3.63, 3.8) is 0 Å². The summed E-state index contributed by atoms with van der Waals surface area (Å²) >= 11 is 0.